The Labute approximate surface area is 174 Å². The van der Waals surface area contributed by atoms with Crippen LogP contribution >= 0.6 is 0 Å². The lowest BCUT2D eigenvalue weighted by atomic mass is 9.89. The molecule has 2 heterocycles. The van der Waals surface area contributed by atoms with E-state index >= 15 is 0 Å². The number of ether oxygens (including phenoxy) is 4. The fraction of sp³-hybridized carbons (Fsp3) is 0.273. The van der Waals surface area contributed by atoms with Gasteiger partial charge in [0.1, 0.15) is 35.1 Å². The summed E-state index contributed by atoms with van der Waals surface area (Å²) < 4.78 is 23.6. The topological polar surface area (TPSA) is 83.8 Å². The predicted octanol–water partition coefficient (Wildman–Crippen LogP) is 3.38. The van der Waals surface area contributed by atoms with Gasteiger partial charge in [-0.2, -0.15) is 0 Å². The van der Waals surface area contributed by atoms with Crippen molar-refractivity contribution in [3.05, 3.63) is 54.0 Å². The lowest BCUT2D eigenvalue weighted by molar-refractivity contribution is -0.116. The van der Waals surface area contributed by atoms with E-state index < -0.39 is 0 Å². The molecular weight excluding hydrogens is 386 g/mol. The highest BCUT2D eigenvalue weighted by molar-refractivity contribution is 5.94. The van der Waals surface area contributed by atoms with Crippen molar-refractivity contribution in [2.24, 2.45) is 0 Å². The van der Waals surface area contributed by atoms with Gasteiger partial charge in [0.15, 0.2) is 0 Å². The van der Waals surface area contributed by atoms with E-state index in [9.17, 15) is 4.79 Å². The minimum atomic E-state index is -0.281. The molecule has 0 fully saturated rings. The van der Waals surface area contributed by atoms with Gasteiger partial charge < -0.3 is 24.3 Å². The minimum absolute atomic E-state index is 0.110. The van der Waals surface area contributed by atoms with Crippen molar-refractivity contribution in [2.45, 2.75) is 12.3 Å². The highest BCUT2D eigenvalue weighted by Gasteiger charge is 2.33. The summed E-state index contributed by atoms with van der Waals surface area (Å²) in [4.78, 5) is 17.3. The average molecular weight is 409 g/mol. The molecule has 1 aliphatic heterocycles. The number of hydrogen-bond acceptors (Lipinski definition) is 6. The summed E-state index contributed by atoms with van der Waals surface area (Å²) in [5, 5.41) is 2.95. The van der Waals surface area contributed by atoms with Gasteiger partial charge >= 0.3 is 0 Å². The average Bonchev–Trinajstić information content (AvgIpc) is 3.21. The van der Waals surface area contributed by atoms with Crippen molar-refractivity contribution in [2.75, 3.05) is 33.8 Å². The van der Waals surface area contributed by atoms with Gasteiger partial charge in [0.2, 0.25) is 5.91 Å². The van der Waals surface area contributed by atoms with Crippen LogP contribution in [0.3, 0.4) is 0 Å². The molecule has 1 aromatic heterocycles. The van der Waals surface area contributed by atoms with Gasteiger partial charge in [0.05, 0.1) is 39.8 Å². The van der Waals surface area contributed by atoms with E-state index in [0.29, 0.717) is 34.5 Å². The molecule has 0 unspecified atom stereocenters. The second kappa shape index (κ2) is 7.98. The van der Waals surface area contributed by atoms with Crippen LogP contribution in [0.4, 0.5) is 5.82 Å². The first-order valence-electron chi connectivity index (χ1n) is 9.41. The Bertz CT molecular complexity index is 1090. The zero-order valence-corrected chi connectivity index (χ0v) is 17.3. The van der Waals surface area contributed by atoms with Gasteiger partial charge in [-0.25, -0.2) is 4.98 Å². The van der Waals surface area contributed by atoms with Crippen LogP contribution in [0.2, 0.25) is 0 Å². The molecule has 0 bridgehead atoms. The van der Waals surface area contributed by atoms with Crippen molar-refractivity contribution >= 4 is 11.7 Å². The van der Waals surface area contributed by atoms with Crippen LogP contribution in [0.25, 0.3) is 5.69 Å². The third kappa shape index (κ3) is 3.30. The van der Waals surface area contributed by atoms with Crippen molar-refractivity contribution in [3.63, 3.8) is 0 Å². The summed E-state index contributed by atoms with van der Waals surface area (Å²) in [5.74, 6) is 2.86. The maximum atomic E-state index is 12.6. The Kier molecular flexibility index (Phi) is 5.22. The van der Waals surface area contributed by atoms with E-state index in [1.807, 2.05) is 36.4 Å². The van der Waals surface area contributed by atoms with Crippen molar-refractivity contribution in [1.82, 2.24) is 9.55 Å². The number of methoxy groups -OCH3 is 4. The number of carbonyl (C=O) groups excluding carboxylic acids is 1. The number of imidazole rings is 1. The van der Waals surface area contributed by atoms with E-state index in [1.54, 1.807) is 39.3 Å². The summed E-state index contributed by atoms with van der Waals surface area (Å²) >= 11 is 0. The number of hydrogen-bond donors (Lipinski definition) is 1. The summed E-state index contributed by atoms with van der Waals surface area (Å²) in [6.07, 6.45) is 1.93. The standard InChI is InChI=1S/C22H23N3O5/c1-27-13-5-7-18(29-3)15(9-13)16-11-20(26)24-22-21(16)23-12-25(22)17-10-14(28-2)6-8-19(17)30-4/h5-10,12,16H,11H2,1-4H3,(H,24,26)/t16-/m1/s1. The molecule has 0 spiro atoms. The molecule has 8 heteroatoms. The molecule has 0 radical (unpaired) electrons. The normalized spacial score (nSPS) is 15.2. The molecule has 0 aliphatic carbocycles. The SMILES string of the molecule is COc1ccc(OC)c([C@H]2CC(=O)Nc3c2ncn3-c2cc(OC)ccc2OC)c1. The number of nitrogens with zero attached hydrogens (tertiary/aromatic N) is 2. The Morgan fingerprint density at radius 1 is 0.933 bits per heavy atom. The molecule has 1 N–H and O–H groups in total. The zero-order chi connectivity index (χ0) is 21.3. The van der Waals surface area contributed by atoms with Crippen LogP contribution in [0.1, 0.15) is 23.6 Å². The zero-order valence-electron chi connectivity index (χ0n) is 17.3. The van der Waals surface area contributed by atoms with Gasteiger partial charge in [-0.05, 0) is 30.3 Å². The van der Waals surface area contributed by atoms with Gasteiger partial charge in [0, 0.05) is 24.0 Å². The third-order valence-electron chi connectivity index (χ3n) is 5.23. The molecule has 1 aliphatic rings. The van der Waals surface area contributed by atoms with Crippen LogP contribution in [0.15, 0.2) is 42.7 Å². The summed E-state index contributed by atoms with van der Waals surface area (Å²) in [7, 11) is 6.40. The summed E-state index contributed by atoms with van der Waals surface area (Å²) in [5.41, 5.74) is 2.30. The molecule has 4 rings (SSSR count). The first-order valence-corrected chi connectivity index (χ1v) is 9.41. The smallest absolute Gasteiger partial charge is 0.226 e. The Balaban J connectivity index is 1.87. The molecule has 1 amide bonds. The number of benzene rings is 2. The predicted molar refractivity (Wildman–Crippen MR) is 111 cm³/mol. The molecular formula is C22H23N3O5. The second-order valence-electron chi connectivity index (χ2n) is 6.80. The van der Waals surface area contributed by atoms with Crippen LogP contribution in [0, 0.1) is 0 Å². The van der Waals surface area contributed by atoms with Crippen LogP contribution in [-0.4, -0.2) is 43.9 Å². The molecule has 2 aromatic carbocycles. The van der Waals surface area contributed by atoms with E-state index in [-0.39, 0.29) is 18.2 Å². The third-order valence-corrected chi connectivity index (χ3v) is 5.23. The summed E-state index contributed by atoms with van der Waals surface area (Å²) in [6.45, 7) is 0. The number of carbonyl (C=O) groups is 1. The number of rotatable bonds is 6. The van der Waals surface area contributed by atoms with E-state index in [2.05, 4.69) is 10.3 Å². The highest BCUT2D eigenvalue weighted by Crippen LogP contribution is 2.43. The quantitative estimate of drug-likeness (QED) is 0.672. The molecule has 30 heavy (non-hydrogen) atoms. The van der Waals surface area contributed by atoms with E-state index in [0.717, 1.165) is 11.3 Å². The van der Waals surface area contributed by atoms with E-state index in [1.165, 1.54) is 0 Å². The lowest BCUT2D eigenvalue weighted by Crippen LogP contribution is -2.25. The largest absolute Gasteiger partial charge is 0.497 e. The Morgan fingerprint density at radius 2 is 1.60 bits per heavy atom. The fourth-order valence-electron chi connectivity index (χ4n) is 3.74. The minimum Gasteiger partial charge on any atom is -0.497 e. The first-order chi connectivity index (χ1) is 14.6. The maximum absolute atomic E-state index is 12.6. The number of aromatic nitrogens is 2. The molecule has 156 valence electrons. The van der Waals surface area contributed by atoms with Crippen molar-refractivity contribution in [1.29, 1.82) is 0 Å². The van der Waals surface area contributed by atoms with Gasteiger partial charge in [-0.1, -0.05) is 0 Å². The van der Waals surface area contributed by atoms with Gasteiger partial charge in [-0.3, -0.25) is 9.36 Å². The van der Waals surface area contributed by atoms with Crippen LogP contribution in [0.5, 0.6) is 23.0 Å². The monoisotopic (exact) mass is 409 g/mol. The fourth-order valence-corrected chi connectivity index (χ4v) is 3.74. The van der Waals surface area contributed by atoms with Crippen molar-refractivity contribution in [3.8, 4) is 28.7 Å². The summed E-state index contributed by atoms with van der Waals surface area (Å²) in [6, 6.07) is 11.0. The van der Waals surface area contributed by atoms with E-state index in [4.69, 9.17) is 18.9 Å². The van der Waals surface area contributed by atoms with Crippen molar-refractivity contribution < 1.29 is 23.7 Å². The number of anilines is 1. The number of fused-ring (bicyclic) bond motifs is 1. The van der Waals surface area contributed by atoms with Gasteiger partial charge in [0.25, 0.3) is 0 Å². The lowest BCUT2D eigenvalue weighted by Gasteiger charge is -2.25. The first kappa shape index (κ1) is 19.6. The number of nitrogens with one attached hydrogen (secondary N) is 1. The Morgan fingerprint density at radius 3 is 2.27 bits per heavy atom. The molecule has 3 aromatic rings. The highest BCUT2D eigenvalue weighted by atomic mass is 16.5. The molecule has 8 nitrogen and oxygen atoms in total. The molecule has 0 saturated carbocycles. The van der Waals surface area contributed by atoms with Gasteiger partial charge in [-0.15, -0.1) is 0 Å². The molecule has 1 atom stereocenters. The maximum Gasteiger partial charge on any atom is 0.226 e. The van der Waals surface area contributed by atoms with Crippen LogP contribution < -0.4 is 24.3 Å². The van der Waals surface area contributed by atoms with Crippen LogP contribution in [-0.2, 0) is 4.79 Å². The Hall–Kier alpha value is -3.68. The number of amides is 1. The molecule has 0 saturated heterocycles. The second-order valence-corrected chi connectivity index (χ2v) is 6.80.